The zero-order chi connectivity index (χ0) is 14.7. The van der Waals surface area contributed by atoms with Crippen molar-refractivity contribution < 1.29 is 4.74 Å². The molecule has 0 saturated heterocycles. The van der Waals surface area contributed by atoms with Crippen LogP contribution in [-0.2, 0) is 0 Å². The minimum atomic E-state index is 0.875. The summed E-state index contributed by atoms with van der Waals surface area (Å²) in [6.45, 7) is 2.02. The second kappa shape index (κ2) is 6.33. The minimum Gasteiger partial charge on any atom is -0.497 e. The maximum absolute atomic E-state index is 5.43. The molecule has 21 heavy (non-hydrogen) atoms. The van der Waals surface area contributed by atoms with Gasteiger partial charge in [0.1, 0.15) is 5.75 Å². The first-order valence-corrected chi connectivity index (χ1v) is 8.23. The lowest BCUT2D eigenvalue weighted by atomic mass is 10.1. The normalized spacial score (nSPS) is 10.6. The Hall–Kier alpha value is -1.78. The largest absolute Gasteiger partial charge is 0.497 e. The smallest absolute Gasteiger partial charge is 0.120 e. The zero-order valence-electron chi connectivity index (χ0n) is 11.9. The molecule has 0 aliphatic carbocycles. The van der Waals surface area contributed by atoms with Gasteiger partial charge in [-0.1, -0.05) is 42.1 Å². The van der Waals surface area contributed by atoms with Crippen LogP contribution in [0.1, 0.15) is 5.01 Å². The Morgan fingerprint density at radius 3 is 2.52 bits per heavy atom. The second-order valence-corrected chi connectivity index (χ2v) is 7.17. The summed E-state index contributed by atoms with van der Waals surface area (Å²) < 4.78 is 6.63. The fourth-order valence-electron chi connectivity index (χ4n) is 2.05. The molecule has 1 aromatic heterocycles. The molecule has 1 heterocycles. The van der Waals surface area contributed by atoms with Crippen molar-refractivity contribution in [1.82, 2.24) is 4.98 Å². The van der Waals surface area contributed by atoms with Crippen molar-refractivity contribution in [2.45, 2.75) is 16.0 Å². The Morgan fingerprint density at radius 1 is 1.05 bits per heavy atom. The lowest BCUT2D eigenvalue weighted by Gasteiger charge is -2.08. The average Bonchev–Trinajstić information content (AvgIpc) is 2.93. The first-order chi connectivity index (χ1) is 10.2. The molecule has 4 heteroatoms. The molecule has 0 bridgehead atoms. The molecule has 0 unspecified atom stereocenters. The number of thiazole rings is 1. The molecule has 0 radical (unpaired) electrons. The highest BCUT2D eigenvalue weighted by atomic mass is 32.2. The third kappa shape index (κ3) is 3.46. The molecule has 3 aromatic rings. The highest BCUT2D eigenvalue weighted by Gasteiger charge is 2.07. The van der Waals surface area contributed by atoms with Crippen molar-refractivity contribution in [3.8, 4) is 16.9 Å². The number of rotatable bonds is 4. The van der Waals surface area contributed by atoms with Crippen molar-refractivity contribution in [2.24, 2.45) is 0 Å². The number of ether oxygens (including phenoxy) is 1. The first-order valence-electron chi connectivity index (χ1n) is 6.59. The van der Waals surface area contributed by atoms with Crippen LogP contribution in [0.4, 0.5) is 0 Å². The molecule has 0 N–H and O–H groups in total. The predicted molar refractivity (Wildman–Crippen MR) is 89.4 cm³/mol. The van der Waals surface area contributed by atoms with E-state index in [0.29, 0.717) is 0 Å². The van der Waals surface area contributed by atoms with Crippen LogP contribution in [0, 0.1) is 6.92 Å². The molecule has 2 nitrogen and oxygen atoms in total. The van der Waals surface area contributed by atoms with E-state index in [0.717, 1.165) is 15.7 Å². The van der Waals surface area contributed by atoms with Crippen LogP contribution in [0.5, 0.6) is 5.75 Å². The topological polar surface area (TPSA) is 22.1 Å². The van der Waals surface area contributed by atoms with E-state index in [1.807, 2.05) is 31.3 Å². The molecule has 0 spiro atoms. The highest BCUT2D eigenvalue weighted by Crippen LogP contribution is 2.36. The van der Waals surface area contributed by atoms with Gasteiger partial charge in [-0.05, 0) is 36.2 Å². The van der Waals surface area contributed by atoms with E-state index >= 15 is 0 Å². The average molecular weight is 313 g/mol. The van der Waals surface area contributed by atoms with Crippen LogP contribution in [0.25, 0.3) is 11.1 Å². The van der Waals surface area contributed by atoms with Crippen LogP contribution >= 0.6 is 23.1 Å². The first kappa shape index (κ1) is 14.2. The van der Waals surface area contributed by atoms with Crippen molar-refractivity contribution in [3.63, 3.8) is 0 Å². The third-order valence-electron chi connectivity index (χ3n) is 3.04. The van der Waals surface area contributed by atoms with Gasteiger partial charge in [-0.3, -0.25) is 0 Å². The van der Waals surface area contributed by atoms with Crippen LogP contribution in [-0.4, -0.2) is 12.1 Å². The number of aromatic nitrogens is 1. The summed E-state index contributed by atoms with van der Waals surface area (Å²) >= 11 is 3.43. The van der Waals surface area contributed by atoms with E-state index < -0.39 is 0 Å². The van der Waals surface area contributed by atoms with Crippen molar-refractivity contribution in [3.05, 3.63) is 59.7 Å². The zero-order valence-corrected chi connectivity index (χ0v) is 13.5. The monoisotopic (exact) mass is 313 g/mol. The van der Waals surface area contributed by atoms with Gasteiger partial charge in [0.15, 0.2) is 0 Å². The lowest BCUT2D eigenvalue weighted by Crippen LogP contribution is -1.86. The van der Waals surface area contributed by atoms with Gasteiger partial charge in [0, 0.05) is 4.90 Å². The van der Waals surface area contributed by atoms with Gasteiger partial charge in [-0.15, -0.1) is 11.3 Å². The Kier molecular flexibility index (Phi) is 4.27. The van der Waals surface area contributed by atoms with Gasteiger partial charge in [-0.25, -0.2) is 4.98 Å². The second-order valence-electron chi connectivity index (χ2n) is 4.56. The van der Waals surface area contributed by atoms with Crippen LogP contribution in [0.15, 0.2) is 63.8 Å². The molecule has 0 atom stereocenters. The number of benzene rings is 2. The molecule has 0 aliphatic heterocycles. The summed E-state index contributed by atoms with van der Waals surface area (Å²) in [5.74, 6) is 0.875. The van der Waals surface area contributed by atoms with Crippen molar-refractivity contribution in [1.29, 1.82) is 0 Å². The van der Waals surface area contributed by atoms with Gasteiger partial charge >= 0.3 is 0 Å². The Bertz CT molecular complexity index is 738. The molecule has 0 saturated carbocycles. The Labute approximate surface area is 132 Å². The Balaban J connectivity index is 1.97. The standard InChI is InChI=1S/C17H15NOS2/c1-12-18-11-17(20-12)21-16-9-14(8-15(10-16)19-2)13-6-4-3-5-7-13/h3-11H,1-2H3. The summed E-state index contributed by atoms with van der Waals surface area (Å²) in [7, 11) is 1.70. The van der Waals surface area contributed by atoms with Gasteiger partial charge < -0.3 is 4.74 Å². The quantitative estimate of drug-likeness (QED) is 0.654. The number of aryl methyl sites for hydroxylation is 1. The predicted octanol–water partition coefficient (Wildman–Crippen LogP) is 5.28. The summed E-state index contributed by atoms with van der Waals surface area (Å²) in [5, 5.41) is 1.09. The molecular weight excluding hydrogens is 298 g/mol. The molecule has 3 rings (SSSR count). The Morgan fingerprint density at radius 2 is 1.86 bits per heavy atom. The van der Waals surface area contributed by atoms with E-state index in [4.69, 9.17) is 4.74 Å². The van der Waals surface area contributed by atoms with E-state index in [2.05, 4.69) is 35.3 Å². The van der Waals surface area contributed by atoms with Gasteiger partial charge in [0.25, 0.3) is 0 Å². The molecule has 0 fully saturated rings. The summed E-state index contributed by atoms with van der Waals surface area (Å²) in [4.78, 5) is 5.47. The number of methoxy groups -OCH3 is 1. The molecule has 0 amide bonds. The molecular formula is C17H15NOS2. The van der Waals surface area contributed by atoms with E-state index in [9.17, 15) is 0 Å². The van der Waals surface area contributed by atoms with E-state index in [1.165, 1.54) is 15.3 Å². The van der Waals surface area contributed by atoms with Crippen molar-refractivity contribution >= 4 is 23.1 Å². The summed E-state index contributed by atoms with van der Waals surface area (Å²) in [6, 6.07) is 16.7. The van der Waals surface area contributed by atoms with Crippen LogP contribution < -0.4 is 4.74 Å². The minimum absolute atomic E-state index is 0.875. The number of hydrogen-bond donors (Lipinski definition) is 0. The van der Waals surface area contributed by atoms with Gasteiger partial charge in [-0.2, -0.15) is 0 Å². The maximum Gasteiger partial charge on any atom is 0.120 e. The highest BCUT2D eigenvalue weighted by molar-refractivity contribution is 8.01. The van der Waals surface area contributed by atoms with Gasteiger partial charge in [0.05, 0.1) is 22.5 Å². The third-order valence-corrected chi connectivity index (χ3v) is 5.03. The molecule has 0 aliphatic rings. The summed E-state index contributed by atoms with van der Waals surface area (Å²) in [6.07, 6.45) is 1.92. The molecule has 106 valence electrons. The number of hydrogen-bond acceptors (Lipinski definition) is 4. The fraction of sp³-hybridized carbons (Fsp3) is 0.118. The maximum atomic E-state index is 5.43. The van der Waals surface area contributed by atoms with Crippen molar-refractivity contribution in [2.75, 3.05) is 7.11 Å². The fourth-order valence-corrected chi connectivity index (χ4v) is 4.07. The van der Waals surface area contributed by atoms with E-state index in [-0.39, 0.29) is 0 Å². The number of nitrogens with zero attached hydrogens (tertiary/aromatic N) is 1. The summed E-state index contributed by atoms with van der Waals surface area (Å²) in [5.41, 5.74) is 2.36. The SMILES string of the molecule is COc1cc(Sc2cnc(C)s2)cc(-c2ccccc2)c1. The molecule has 2 aromatic carbocycles. The van der Waals surface area contributed by atoms with Crippen LogP contribution in [0.3, 0.4) is 0 Å². The van der Waals surface area contributed by atoms with Crippen LogP contribution in [0.2, 0.25) is 0 Å². The van der Waals surface area contributed by atoms with Gasteiger partial charge in [0.2, 0.25) is 0 Å². The van der Waals surface area contributed by atoms with E-state index in [1.54, 1.807) is 30.2 Å². The lowest BCUT2D eigenvalue weighted by molar-refractivity contribution is 0.414.